The zero-order valence-corrected chi connectivity index (χ0v) is 13.7. The van der Waals surface area contributed by atoms with Crippen LogP contribution in [0.2, 0.25) is 0 Å². The maximum absolute atomic E-state index is 4.30. The van der Waals surface area contributed by atoms with Crippen LogP contribution in [0.15, 0.2) is 40.5 Å². The van der Waals surface area contributed by atoms with E-state index in [1.165, 1.54) is 21.9 Å². The van der Waals surface area contributed by atoms with Crippen molar-refractivity contribution in [3.8, 4) is 0 Å². The molecule has 110 valence electrons. The first-order chi connectivity index (χ1) is 10.1. The average Bonchev–Trinajstić information content (AvgIpc) is 2.50. The van der Waals surface area contributed by atoms with Crippen LogP contribution in [0.1, 0.15) is 51.3 Å². The summed E-state index contributed by atoms with van der Waals surface area (Å²) in [6.07, 6.45) is 2.11. The molecule has 0 bridgehead atoms. The van der Waals surface area contributed by atoms with E-state index in [1.807, 2.05) is 20.8 Å². The second kappa shape index (κ2) is 6.66. The van der Waals surface area contributed by atoms with E-state index in [4.69, 9.17) is 0 Å². The number of fused-ring (bicyclic) bond motifs is 1. The van der Waals surface area contributed by atoms with Gasteiger partial charge in [0.05, 0.1) is 5.71 Å². The average molecular weight is 280 g/mol. The third-order valence-electron chi connectivity index (χ3n) is 3.78. The Morgan fingerprint density at radius 3 is 2.00 bits per heavy atom. The minimum atomic E-state index is 0.960. The molecule has 0 aromatic heterocycles. The van der Waals surface area contributed by atoms with Crippen molar-refractivity contribution in [3.63, 3.8) is 0 Å². The third-order valence-corrected chi connectivity index (χ3v) is 3.78. The molecule has 2 rings (SSSR count). The molecule has 2 aromatic rings. The zero-order valence-electron chi connectivity index (χ0n) is 13.7. The lowest BCUT2D eigenvalue weighted by molar-refractivity contribution is 1.13. The molecule has 0 atom stereocenters. The van der Waals surface area contributed by atoms with Crippen LogP contribution >= 0.6 is 0 Å². The minimum absolute atomic E-state index is 0.960. The minimum Gasteiger partial charge on any atom is -0.160 e. The molecule has 0 saturated heterocycles. The summed E-state index contributed by atoms with van der Waals surface area (Å²) in [6.45, 7) is 10.3. The number of hydrogen-bond donors (Lipinski definition) is 0. The van der Waals surface area contributed by atoms with E-state index in [-0.39, 0.29) is 0 Å². The maximum atomic E-state index is 4.30. The molecule has 0 amide bonds. The second-order valence-electron chi connectivity index (χ2n) is 5.58. The lowest BCUT2D eigenvalue weighted by Crippen LogP contribution is -1.97. The van der Waals surface area contributed by atoms with Gasteiger partial charge in [-0.15, -0.1) is 0 Å². The SMILES string of the molecule is CCc1ccc(CC)c2cc(/C(C)=N/N=C(C)C)ccc12. The van der Waals surface area contributed by atoms with E-state index >= 15 is 0 Å². The summed E-state index contributed by atoms with van der Waals surface area (Å²) < 4.78 is 0. The second-order valence-corrected chi connectivity index (χ2v) is 5.58. The maximum Gasteiger partial charge on any atom is 0.0672 e. The van der Waals surface area contributed by atoms with Crippen molar-refractivity contribution < 1.29 is 0 Å². The smallest absolute Gasteiger partial charge is 0.0672 e. The van der Waals surface area contributed by atoms with Gasteiger partial charge >= 0.3 is 0 Å². The van der Waals surface area contributed by atoms with E-state index in [1.54, 1.807) is 0 Å². The Labute approximate surface area is 127 Å². The monoisotopic (exact) mass is 280 g/mol. The summed E-state index contributed by atoms with van der Waals surface area (Å²) in [7, 11) is 0. The summed E-state index contributed by atoms with van der Waals surface area (Å²) in [5.41, 5.74) is 5.88. The molecule has 0 aliphatic rings. The first-order valence-corrected chi connectivity index (χ1v) is 7.67. The third kappa shape index (κ3) is 3.38. The highest BCUT2D eigenvalue weighted by Gasteiger charge is 2.06. The molecule has 0 saturated carbocycles. The Balaban J connectivity index is 2.60. The van der Waals surface area contributed by atoms with Gasteiger partial charge in [0.15, 0.2) is 0 Å². The van der Waals surface area contributed by atoms with Gasteiger partial charge in [-0.2, -0.15) is 10.2 Å². The number of benzene rings is 2. The fraction of sp³-hybridized carbons (Fsp3) is 0.368. The molecule has 2 nitrogen and oxygen atoms in total. The molecule has 2 heteroatoms. The van der Waals surface area contributed by atoms with E-state index in [2.05, 4.69) is 54.4 Å². The van der Waals surface area contributed by atoms with Crippen LogP contribution in [0.3, 0.4) is 0 Å². The summed E-state index contributed by atoms with van der Waals surface area (Å²) in [5.74, 6) is 0. The van der Waals surface area contributed by atoms with E-state index in [0.29, 0.717) is 0 Å². The molecule has 0 aliphatic heterocycles. The van der Waals surface area contributed by atoms with Crippen LogP contribution in [0.4, 0.5) is 0 Å². The Morgan fingerprint density at radius 1 is 0.810 bits per heavy atom. The van der Waals surface area contributed by atoms with Crippen molar-refractivity contribution in [2.75, 3.05) is 0 Å². The van der Waals surface area contributed by atoms with Crippen LogP contribution in [-0.4, -0.2) is 11.4 Å². The lowest BCUT2D eigenvalue weighted by atomic mass is 9.94. The van der Waals surface area contributed by atoms with Gasteiger partial charge in [0, 0.05) is 5.71 Å². The van der Waals surface area contributed by atoms with Crippen molar-refractivity contribution in [2.45, 2.75) is 47.5 Å². The van der Waals surface area contributed by atoms with Gasteiger partial charge in [-0.05, 0) is 67.1 Å². The predicted molar refractivity (Wildman–Crippen MR) is 93.7 cm³/mol. The number of hydrogen-bond acceptors (Lipinski definition) is 2. The molecule has 2 aromatic carbocycles. The van der Waals surface area contributed by atoms with Crippen molar-refractivity contribution in [2.24, 2.45) is 10.2 Å². The summed E-state index contributed by atoms with van der Waals surface area (Å²) in [6, 6.07) is 11.1. The molecule has 0 fully saturated rings. The van der Waals surface area contributed by atoms with Crippen molar-refractivity contribution in [1.82, 2.24) is 0 Å². The predicted octanol–water partition coefficient (Wildman–Crippen LogP) is 5.17. The van der Waals surface area contributed by atoms with Crippen LogP contribution in [0, 0.1) is 0 Å². The fourth-order valence-electron chi connectivity index (χ4n) is 2.55. The highest BCUT2D eigenvalue weighted by atomic mass is 15.2. The van der Waals surface area contributed by atoms with E-state index < -0.39 is 0 Å². The van der Waals surface area contributed by atoms with Crippen LogP contribution in [-0.2, 0) is 12.8 Å². The molecule has 0 radical (unpaired) electrons. The van der Waals surface area contributed by atoms with Crippen LogP contribution in [0.25, 0.3) is 10.8 Å². The van der Waals surface area contributed by atoms with Gasteiger partial charge in [-0.1, -0.05) is 38.1 Å². The topological polar surface area (TPSA) is 24.7 Å². The Bertz CT molecular complexity index is 705. The number of aryl methyl sites for hydroxylation is 2. The van der Waals surface area contributed by atoms with Gasteiger partial charge in [0.2, 0.25) is 0 Å². The first-order valence-electron chi connectivity index (χ1n) is 7.67. The quantitative estimate of drug-likeness (QED) is 0.545. The fourth-order valence-corrected chi connectivity index (χ4v) is 2.55. The molecule has 0 unspecified atom stereocenters. The van der Waals surface area contributed by atoms with Gasteiger partial charge in [-0.3, -0.25) is 0 Å². The zero-order chi connectivity index (χ0) is 15.4. The highest BCUT2D eigenvalue weighted by molar-refractivity contribution is 6.03. The molecule has 0 aliphatic carbocycles. The van der Waals surface area contributed by atoms with Gasteiger partial charge in [0.25, 0.3) is 0 Å². The number of rotatable bonds is 4. The largest absolute Gasteiger partial charge is 0.160 e. The van der Waals surface area contributed by atoms with Gasteiger partial charge in [0.1, 0.15) is 0 Å². The van der Waals surface area contributed by atoms with Crippen molar-refractivity contribution in [1.29, 1.82) is 0 Å². The molecular formula is C19H24N2. The highest BCUT2D eigenvalue weighted by Crippen LogP contribution is 2.25. The molecular weight excluding hydrogens is 256 g/mol. The first kappa shape index (κ1) is 15.4. The summed E-state index contributed by atoms with van der Waals surface area (Å²) in [4.78, 5) is 0. The molecule has 21 heavy (non-hydrogen) atoms. The number of nitrogens with zero attached hydrogens (tertiary/aromatic N) is 2. The Hall–Kier alpha value is -1.96. The lowest BCUT2D eigenvalue weighted by Gasteiger charge is -2.11. The summed E-state index contributed by atoms with van der Waals surface area (Å²) >= 11 is 0. The molecule has 0 N–H and O–H groups in total. The van der Waals surface area contributed by atoms with Gasteiger partial charge < -0.3 is 0 Å². The van der Waals surface area contributed by atoms with Crippen LogP contribution < -0.4 is 0 Å². The van der Waals surface area contributed by atoms with E-state index in [9.17, 15) is 0 Å². The molecule has 0 spiro atoms. The van der Waals surface area contributed by atoms with Crippen LogP contribution in [0.5, 0.6) is 0 Å². The Morgan fingerprint density at radius 2 is 1.43 bits per heavy atom. The van der Waals surface area contributed by atoms with E-state index in [0.717, 1.165) is 29.8 Å². The van der Waals surface area contributed by atoms with Gasteiger partial charge in [-0.25, -0.2) is 0 Å². The molecule has 0 heterocycles. The van der Waals surface area contributed by atoms with Crippen molar-refractivity contribution in [3.05, 3.63) is 47.0 Å². The summed E-state index contributed by atoms with van der Waals surface area (Å²) in [5, 5.41) is 11.2. The standard InChI is InChI=1S/C19H24N2/c1-6-15-8-9-16(7-2)19-12-17(10-11-18(15)19)14(5)21-20-13(3)4/h8-12H,6-7H2,1-5H3/b21-14+. The van der Waals surface area contributed by atoms with Crippen molar-refractivity contribution >= 4 is 22.2 Å². The Kier molecular flexibility index (Phi) is 4.89. The normalized spacial score (nSPS) is 11.8.